The summed E-state index contributed by atoms with van der Waals surface area (Å²) in [6.45, 7) is 0. The van der Waals surface area contributed by atoms with E-state index in [2.05, 4.69) is 9.97 Å². The molecule has 0 saturated heterocycles. The molecule has 13 heavy (non-hydrogen) atoms. The first-order valence-corrected chi connectivity index (χ1v) is 4.29. The number of oxazole rings is 1. The number of aromatic nitrogens is 2. The van der Waals surface area contributed by atoms with Crippen molar-refractivity contribution in [2.45, 2.75) is 18.4 Å². The molecule has 1 aliphatic carbocycles. The normalized spacial score (nSPS) is 19.2. The largest absolute Gasteiger partial charge is 0.420 e. The number of hydrogen-bond acceptors (Lipinski definition) is 4. The molecule has 0 amide bonds. The van der Waals surface area contributed by atoms with E-state index in [1.54, 1.807) is 6.20 Å². The molecule has 2 N–H and O–H groups in total. The summed E-state index contributed by atoms with van der Waals surface area (Å²) in [5.41, 5.74) is 7.01. The van der Waals surface area contributed by atoms with Crippen molar-refractivity contribution in [1.29, 1.82) is 0 Å². The second-order valence-electron chi connectivity index (χ2n) is 3.50. The topological polar surface area (TPSA) is 64.9 Å². The van der Waals surface area contributed by atoms with E-state index >= 15 is 0 Å². The molecule has 0 aromatic carbocycles. The third-order valence-electron chi connectivity index (χ3n) is 2.38. The number of fused-ring (bicyclic) bond motifs is 1. The number of hydrogen-bond donors (Lipinski definition) is 1. The second kappa shape index (κ2) is 2.09. The maximum absolute atomic E-state index is 5.95. The molecule has 0 unspecified atom stereocenters. The summed E-state index contributed by atoms with van der Waals surface area (Å²) >= 11 is 0. The molecule has 0 bridgehead atoms. The maximum atomic E-state index is 5.95. The highest BCUT2D eigenvalue weighted by Crippen LogP contribution is 2.42. The van der Waals surface area contributed by atoms with E-state index in [1.165, 1.54) is 0 Å². The van der Waals surface area contributed by atoms with Crippen LogP contribution in [-0.4, -0.2) is 9.97 Å². The van der Waals surface area contributed by atoms with Crippen LogP contribution in [0.1, 0.15) is 18.7 Å². The van der Waals surface area contributed by atoms with Crippen molar-refractivity contribution in [1.82, 2.24) is 9.97 Å². The van der Waals surface area contributed by atoms with Crippen molar-refractivity contribution >= 4 is 11.2 Å². The summed E-state index contributed by atoms with van der Waals surface area (Å²) in [7, 11) is 0. The van der Waals surface area contributed by atoms with Crippen LogP contribution in [0.4, 0.5) is 0 Å². The Labute approximate surface area is 74.8 Å². The first kappa shape index (κ1) is 7.03. The lowest BCUT2D eigenvalue weighted by atomic mass is 10.3. The van der Waals surface area contributed by atoms with E-state index < -0.39 is 0 Å². The zero-order chi connectivity index (χ0) is 8.89. The Morgan fingerprint density at radius 3 is 3.00 bits per heavy atom. The van der Waals surface area contributed by atoms with Gasteiger partial charge in [0.25, 0.3) is 0 Å². The molecule has 1 aliphatic rings. The second-order valence-corrected chi connectivity index (χ2v) is 3.50. The molecular formula is C9H9N3O. The maximum Gasteiger partial charge on any atom is 0.247 e. The summed E-state index contributed by atoms with van der Waals surface area (Å²) in [4.78, 5) is 8.35. The standard InChI is InChI=1S/C9H9N3O/c10-9(3-4-9)8-12-6-2-1-5-11-7(6)13-8/h1-2,5H,3-4,10H2. The van der Waals surface area contributed by atoms with Crippen LogP contribution >= 0.6 is 0 Å². The van der Waals surface area contributed by atoms with Crippen LogP contribution in [0.15, 0.2) is 22.7 Å². The number of pyridine rings is 1. The summed E-state index contributed by atoms with van der Waals surface area (Å²) in [5, 5.41) is 0. The summed E-state index contributed by atoms with van der Waals surface area (Å²) in [6, 6.07) is 3.71. The minimum atomic E-state index is -0.305. The smallest absolute Gasteiger partial charge is 0.247 e. The highest BCUT2D eigenvalue weighted by Gasteiger charge is 2.45. The predicted molar refractivity (Wildman–Crippen MR) is 46.9 cm³/mol. The van der Waals surface area contributed by atoms with Crippen LogP contribution in [0.2, 0.25) is 0 Å². The van der Waals surface area contributed by atoms with Crippen LogP contribution in [0.3, 0.4) is 0 Å². The third kappa shape index (κ3) is 0.954. The van der Waals surface area contributed by atoms with Crippen molar-refractivity contribution in [3.05, 3.63) is 24.2 Å². The molecule has 2 aromatic rings. The van der Waals surface area contributed by atoms with Crippen molar-refractivity contribution in [2.75, 3.05) is 0 Å². The fourth-order valence-corrected chi connectivity index (χ4v) is 1.33. The molecule has 2 heterocycles. The monoisotopic (exact) mass is 175 g/mol. The van der Waals surface area contributed by atoms with E-state index in [-0.39, 0.29) is 5.54 Å². The Bertz CT molecular complexity index is 426. The lowest BCUT2D eigenvalue weighted by Gasteiger charge is -1.98. The number of nitrogens with zero attached hydrogens (tertiary/aromatic N) is 2. The highest BCUT2D eigenvalue weighted by atomic mass is 16.4. The Hall–Kier alpha value is -1.42. The molecule has 0 atom stereocenters. The molecule has 4 nitrogen and oxygen atoms in total. The van der Waals surface area contributed by atoms with Gasteiger partial charge in [-0.2, -0.15) is 0 Å². The average Bonchev–Trinajstić information content (AvgIpc) is 2.76. The summed E-state index contributed by atoms with van der Waals surface area (Å²) < 4.78 is 5.45. The van der Waals surface area contributed by atoms with E-state index in [9.17, 15) is 0 Å². The molecule has 0 radical (unpaired) electrons. The Morgan fingerprint density at radius 1 is 1.46 bits per heavy atom. The highest BCUT2D eigenvalue weighted by molar-refractivity contribution is 5.67. The molecular weight excluding hydrogens is 166 g/mol. The first-order valence-electron chi connectivity index (χ1n) is 4.29. The first-order chi connectivity index (χ1) is 6.28. The Morgan fingerprint density at radius 2 is 2.31 bits per heavy atom. The van der Waals surface area contributed by atoms with Crippen LogP contribution in [0, 0.1) is 0 Å². The average molecular weight is 175 g/mol. The zero-order valence-electron chi connectivity index (χ0n) is 7.03. The molecule has 3 rings (SSSR count). The summed E-state index contributed by atoms with van der Waals surface area (Å²) in [5.74, 6) is 0.626. The van der Waals surface area contributed by atoms with Gasteiger partial charge in [0.15, 0.2) is 0 Å². The predicted octanol–water partition coefficient (Wildman–Crippen LogP) is 1.17. The van der Waals surface area contributed by atoms with Gasteiger partial charge in [-0.3, -0.25) is 0 Å². The van der Waals surface area contributed by atoms with Gasteiger partial charge in [-0.25, -0.2) is 9.97 Å². The minimum absolute atomic E-state index is 0.305. The van der Waals surface area contributed by atoms with Gasteiger partial charge in [0, 0.05) is 6.20 Å². The van der Waals surface area contributed by atoms with Crippen molar-refractivity contribution in [2.24, 2.45) is 5.73 Å². The lowest BCUT2D eigenvalue weighted by molar-refractivity contribution is 0.460. The van der Waals surface area contributed by atoms with E-state index in [0.29, 0.717) is 11.6 Å². The molecule has 0 aliphatic heterocycles. The van der Waals surface area contributed by atoms with Crippen LogP contribution in [0.25, 0.3) is 11.2 Å². The number of nitrogens with two attached hydrogens (primary N) is 1. The zero-order valence-corrected chi connectivity index (χ0v) is 7.03. The van der Waals surface area contributed by atoms with Gasteiger partial charge in [0.1, 0.15) is 5.52 Å². The Balaban J connectivity index is 2.22. The Kier molecular flexibility index (Phi) is 1.13. The van der Waals surface area contributed by atoms with Gasteiger partial charge < -0.3 is 10.2 Å². The minimum Gasteiger partial charge on any atom is -0.420 e. The van der Waals surface area contributed by atoms with Crippen molar-refractivity contribution < 1.29 is 4.42 Å². The van der Waals surface area contributed by atoms with Gasteiger partial charge in [-0.05, 0) is 25.0 Å². The van der Waals surface area contributed by atoms with E-state index in [4.69, 9.17) is 10.2 Å². The number of rotatable bonds is 1. The van der Waals surface area contributed by atoms with Crippen LogP contribution in [-0.2, 0) is 5.54 Å². The van der Waals surface area contributed by atoms with Gasteiger partial charge in [0.05, 0.1) is 5.54 Å². The molecule has 1 saturated carbocycles. The fraction of sp³-hybridized carbons (Fsp3) is 0.333. The van der Waals surface area contributed by atoms with Gasteiger partial charge in [-0.1, -0.05) is 0 Å². The van der Waals surface area contributed by atoms with Gasteiger partial charge in [0.2, 0.25) is 11.6 Å². The molecule has 0 spiro atoms. The van der Waals surface area contributed by atoms with Crippen molar-refractivity contribution in [3.63, 3.8) is 0 Å². The van der Waals surface area contributed by atoms with E-state index in [1.807, 2.05) is 12.1 Å². The molecule has 1 fully saturated rings. The SMILES string of the molecule is NC1(c2nc3cccnc3o2)CC1. The molecule has 4 heteroatoms. The van der Waals surface area contributed by atoms with Gasteiger partial charge >= 0.3 is 0 Å². The van der Waals surface area contributed by atoms with Gasteiger partial charge in [-0.15, -0.1) is 0 Å². The molecule has 66 valence electrons. The third-order valence-corrected chi connectivity index (χ3v) is 2.38. The van der Waals surface area contributed by atoms with Crippen molar-refractivity contribution in [3.8, 4) is 0 Å². The lowest BCUT2D eigenvalue weighted by Crippen LogP contribution is -2.18. The van der Waals surface area contributed by atoms with E-state index in [0.717, 1.165) is 18.4 Å². The van der Waals surface area contributed by atoms with Crippen LogP contribution < -0.4 is 5.73 Å². The van der Waals surface area contributed by atoms with Crippen LogP contribution in [0.5, 0.6) is 0 Å². The quantitative estimate of drug-likeness (QED) is 0.706. The fourth-order valence-electron chi connectivity index (χ4n) is 1.33. The molecule has 2 aromatic heterocycles. The summed E-state index contributed by atoms with van der Waals surface area (Å²) in [6.07, 6.45) is 3.60.